The van der Waals surface area contributed by atoms with Gasteiger partial charge in [0.05, 0.1) is 32.5 Å². The van der Waals surface area contributed by atoms with Gasteiger partial charge >= 0.3 is 0 Å². The third-order valence-electron chi connectivity index (χ3n) is 2.45. The maximum Gasteiger partial charge on any atom is 0.204 e. The highest BCUT2D eigenvalue weighted by Crippen LogP contribution is 2.43. The van der Waals surface area contributed by atoms with Crippen LogP contribution in [0.2, 0.25) is 0 Å². The molecule has 6 heteroatoms. The Balaban J connectivity index is 3.88. The molecule has 0 bridgehead atoms. The van der Waals surface area contributed by atoms with Crippen LogP contribution < -0.4 is 14.2 Å². The van der Waals surface area contributed by atoms with E-state index in [-0.39, 0.29) is 33.9 Å². The van der Waals surface area contributed by atoms with Crippen LogP contribution in [0, 0.1) is 0 Å². The number of hydrogen-bond donors (Lipinski definition) is 0. The molecule has 0 amide bonds. The molecule has 0 heterocycles. The van der Waals surface area contributed by atoms with Gasteiger partial charge in [0.2, 0.25) is 5.75 Å². The molecule has 0 saturated carbocycles. The predicted octanol–water partition coefficient (Wildman–Crippen LogP) is 1.15. The van der Waals surface area contributed by atoms with Crippen LogP contribution in [0.15, 0.2) is 0 Å². The highest BCUT2D eigenvalue weighted by atomic mass is 16.5. The summed E-state index contributed by atoms with van der Waals surface area (Å²) in [5.74, 6) is 0.198. The van der Waals surface area contributed by atoms with E-state index in [1.807, 2.05) is 0 Å². The zero-order valence-electron chi connectivity index (χ0n) is 10.2. The average molecular weight is 252 g/mol. The van der Waals surface area contributed by atoms with Gasteiger partial charge in [-0.1, -0.05) is 0 Å². The fourth-order valence-electron chi connectivity index (χ4n) is 1.69. The molecule has 0 fully saturated rings. The van der Waals surface area contributed by atoms with Gasteiger partial charge in [-0.2, -0.15) is 0 Å². The largest absolute Gasteiger partial charge is 0.492 e. The second-order valence-electron chi connectivity index (χ2n) is 3.19. The van der Waals surface area contributed by atoms with Gasteiger partial charge in [-0.05, 0) is 0 Å². The molecule has 96 valence electrons. The highest BCUT2D eigenvalue weighted by molar-refractivity contribution is 6.03. The minimum Gasteiger partial charge on any atom is -0.492 e. The van der Waals surface area contributed by atoms with E-state index < -0.39 is 0 Å². The Labute approximate surface area is 103 Å². The van der Waals surface area contributed by atoms with Crippen molar-refractivity contribution in [1.29, 1.82) is 0 Å². The van der Waals surface area contributed by atoms with E-state index in [4.69, 9.17) is 14.2 Å². The standard InChI is InChI=1S/C12H12O6/c1-16-10-8(5-14)7(4-13)9(6-15)11(17-2)12(10)18-3/h4-6H,1-3H3. The first kappa shape index (κ1) is 13.7. The van der Waals surface area contributed by atoms with Crippen molar-refractivity contribution in [1.82, 2.24) is 0 Å². The van der Waals surface area contributed by atoms with E-state index in [1.165, 1.54) is 21.3 Å². The van der Waals surface area contributed by atoms with E-state index in [0.29, 0.717) is 18.9 Å². The summed E-state index contributed by atoms with van der Waals surface area (Å²) < 4.78 is 15.1. The third kappa shape index (κ3) is 1.92. The molecule has 1 aromatic rings. The van der Waals surface area contributed by atoms with Gasteiger partial charge in [-0.15, -0.1) is 0 Å². The van der Waals surface area contributed by atoms with Gasteiger partial charge in [0, 0.05) is 5.56 Å². The van der Waals surface area contributed by atoms with Crippen LogP contribution in [0.3, 0.4) is 0 Å². The first-order valence-corrected chi connectivity index (χ1v) is 4.91. The Morgan fingerprint density at radius 3 is 1.17 bits per heavy atom. The summed E-state index contributed by atoms with van der Waals surface area (Å²) in [5, 5.41) is 0. The molecule has 0 aliphatic heterocycles. The quantitative estimate of drug-likeness (QED) is 0.706. The second kappa shape index (κ2) is 5.81. The summed E-state index contributed by atoms with van der Waals surface area (Å²) in [6, 6.07) is 0. The van der Waals surface area contributed by atoms with E-state index in [1.54, 1.807) is 0 Å². The van der Waals surface area contributed by atoms with Crippen LogP contribution >= 0.6 is 0 Å². The van der Waals surface area contributed by atoms with Crippen molar-refractivity contribution in [2.75, 3.05) is 21.3 Å². The number of hydrogen-bond acceptors (Lipinski definition) is 6. The lowest BCUT2D eigenvalue weighted by atomic mass is 10.00. The van der Waals surface area contributed by atoms with Crippen LogP contribution in [-0.4, -0.2) is 40.2 Å². The summed E-state index contributed by atoms with van der Waals surface area (Å²) >= 11 is 0. The smallest absolute Gasteiger partial charge is 0.204 e. The van der Waals surface area contributed by atoms with Crippen molar-refractivity contribution in [2.45, 2.75) is 0 Å². The summed E-state index contributed by atoms with van der Waals surface area (Å²) in [6.07, 6.45) is 1.26. The summed E-state index contributed by atoms with van der Waals surface area (Å²) in [4.78, 5) is 33.1. The van der Waals surface area contributed by atoms with Crippen molar-refractivity contribution >= 4 is 18.9 Å². The van der Waals surface area contributed by atoms with Gasteiger partial charge in [-0.25, -0.2) is 0 Å². The molecule has 1 rings (SSSR count). The number of benzene rings is 1. The molecule has 6 nitrogen and oxygen atoms in total. The maximum atomic E-state index is 11.1. The highest BCUT2D eigenvalue weighted by Gasteiger charge is 2.25. The number of carbonyl (C=O) groups excluding carboxylic acids is 3. The lowest BCUT2D eigenvalue weighted by Crippen LogP contribution is -2.07. The van der Waals surface area contributed by atoms with Gasteiger partial charge in [-0.3, -0.25) is 14.4 Å². The number of aldehydes is 3. The number of carbonyl (C=O) groups is 3. The number of rotatable bonds is 6. The zero-order valence-corrected chi connectivity index (χ0v) is 10.2. The molecule has 0 saturated heterocycles. The van der Waals surface area contributed by atoms with Crippen molar-refractivity contribution in [3.8, 4) is 17.2 Å². The SMILES string of the molecule is COc1c(C=O)c(C=O)c(C=O)c(OC)c1OC. The molecule has 0 aliphatic carbocycles. The van der Waals surface area contributed by atoms with Crippen LogP contribution in [0.25, 0.3) is 0 Å². The van der Waals surface area contributed by atoms with Crippen molar-refractivity contribution in [3.05, 3.63) is 16.7 Å². The van der Waals surface area contributed by atoms with Crippen molar-refractivity contribution < 1.29 is 28.6 Å². The van der Waals surface area contributed by atoms with Crippen LogP contribution in [0.1, 0.15) is 31.1 Å². The van der Waals surface area contributed by atoms with Gasteiger partial charge in [0.25, 0.3) is 0 Å². The predicted molar refractivity (Wildman–Crippen MR) is 62.3 cm³/mol. The first-order valence-electron chi connectivity index (χ1n) is 4.91. The van der Waals surface area contributed by atoms with Crippen molar-refractivity contribution in [3.63, 3.8) is 0 Å². The zero-order chi connectivity index (χ0) is 13.7. The first-order chi connectivity index (χ1) is 8.69. The van der Waals surface area contributed by atoms with E-state index in [0.717, 1.165) is 0 Å². The second-order valence-corrected chi connectivity index (χ2v) is 3.19. The van der Waals surface area contributed by atoms with Gasteiger partial charge in [0.1, 0.15) is 0 Å². The molecule has 0 unspecified atom stereocenters. The third-order valence-corrected chi connectivity index (χ3v) is 2.45. The fourth-order valence-corrected chi connectivity index (χ4v) is 1.69. The van der Waals surface area contributed by atoms with Crippen molar-refractivity contribution in [2.24, 2.45) is 0 Å². The van der Waals surface area contributed by atoms with Gasteiger partial charge in [0.15, 0.2) is 30.4 Å². The molecule has 0 aromatic heterocycles. The summed E-state index contributed by atoms with van der Waals surface area (Å²) in [6.45, 7) is 0. The average Bonchev–Trinajstić information content (AvgIpc) is 2.43. The van der Waals surface area contributed by atoms with E-state index in [9.17, 15) is 14.4 Å². The molecule has 0 N–H and O–H groups in total. The lowest BCUT2D eigenvalue weighted by Gasteiger charge is -2.17. The molecule has 18 heavy (non-hydrogen) atoms. The topological polar surface area (TPSA) is 78.9 Å². The molecule has 1 aromatic carbocycles. The minimum atomic E-state index is -0.0884. The number of methoxy groups -OCH3 is 3. The normalized spacial score (nSPS) is 9.50. The van der Waals surface area contributed by atoms with Crippen LogP contribution in [0.4, 0.5) is 0 Å². The number of ether oxygens (including phenoxy) is 3. The molecule has 0 spiro atoms. The summed E-state index contributed by atoms with van der Waals surface area (Å²) in [5.41, 5.74) is -0.186. The Bertz CT molecular complexity index is 455. The monoisotopic (exact) mass is 252 g/mol. The molecule has 0 aliphatic rings. The Kier molecular flexibility index (Phi) is 4.42. The van der Waals surface area contributed by atoms with Crippen LogP contribution in [-0.2, 0) is 0 Å². The lowest BCUT2D eigenvalue weighted by molar-refractivity contribution is 0.108. The van der Waals surface area contributed by atoms with Gasteiger partial charge < -0.3 is 14.2 Å². The van der Waals surface area contributed by atoms with E-state index in [2.05, 4.69) is 0 Å². The molecule has 0 radical (unpaired) electrons. The summed E-state index contributed by atoms with van der Waals surface area (Å²) in [7, 11) is 3.98. The Morgan fingerprint density at radius 2 is 0.944 bits per heavy atom. The Hall–Kier alpha value is -2.37. The molecular weight excluding hydrogens is 240 g/mol. The Morgan fingerprint density at radius 1 is 0.611 bits per heavy atom. The molecular formula is C12H12O6. The molecule has 0 atom stereocenters. The van der Waals surface area contributed by atoms with E-state index >= 15 is 0 Å². The fraction of sp³-hybridized carbons (Fsp3) is 0.250. The minimum absolute atomic E-state index is 0.0488. The maximum absolute atomic E-state index is 11.1. The van der Waals surface area contributed by atoms with Crippen LogP contribution in [0.5, 0.6) is 17.2 Å².